The second-order valence-electron chi connectivity index (χ2n) is 4.20. The third-order valence-corrected chi connectivity index (χ3v) is 3.50. The van der Waals surface area contributed by atoms with Crippen LogP contribution in [0.1, 0.15) is 5.56 Å². The van der Waals surface area contributed by atoms with E-state index >= 15 is 0 Å². The number of halogens is 4. The molecular weight excluding hydrogens is 306 g/mol. The maximum Gasteiger partial charge on any atom is 0.573 e. The van der Waals surface area contributed by atoms with Gasteiger partial charge in [0.25, 0.3) is 0 Å². The number of alkyl halides is 3. The number of hydrogen-bond donors (Lipinski definition) is 1. The highest BCUT2D eigenvalue weighted by molar-refractivity contribution is 7.98. The lowest BCUT2D eigenvalue weighted by Crippen LogP contribution is -2.16. The van der Waals surface area contributed by atoms with Crippen LogP contribution in [-0.4, -0.2) is 6.36 Å². The van der Waals surface area contributed by atoms with Gasteiger partial charge in [-0.3, -0.25) is 0 Å². The fourth-order valence-electron chi connectivity index (χ4n) is 1.62. The maximum atomic E-state index is 13.1. The minimum atomic E-state index is -4.70. The van der Waals surface area contributed by atoms with Gasteiger partial charge in [-0.2, -0.15) is 0 Å². The minimum absolute atomic E-state index is 0.272. The molecule has 0 aliphatic carbocycles. The summed E-state index contributed by atoms with van der Waals surface area (Å²) in [6, 6.07) is 9.73. The van der Waals surface area contributed by atoms with Gasteiger partial charge in [0.2, 0.25) is 0 Å². The van der Waals surface area contributed by atoms with Gasteiger partial charge in [-0.15, -0.1) is 24.9 Å². The molecule has 2 aromatic carbocycles. The molecule has 0 aliphatic heterocycles. The second kappa shape index (κ2) is 6.26. The first-order valence-corrected chi connectivity index (χ1v) is 6.84. The molecular formula is C14H11F4NOS. The number of nitrogens with two attached hydrogens (primary N) is 1. The maximum absolute atomic E-state index is 13.1. The predicted molar refractivity (Wildman–Crippen MR) is 73.5 cm³/mol. The van der Waals surface area contributed by atoms with E-state index in [4.69, 9.17) is 5.73 Å². The molecule has 0 aromatic heterocycles. The normalized spacial score (nSPS) is 11.4. The van der Waals surface area contributed by atoms with Crippen molar-refractivity contribution < 1.29 is 22.3 Å². The molecule has 2 aromatic rings. The molecule has 0 spiro atoms. The lowest BCUT2D eigenvalue weighted by Gasteiger charge is -2.09. The molecule has 2 N–H and O–H groups in total. The van der Waals surface area contributed by atoms with Crippen LogP contribution in [0.15, 0.2) is 47.4 Å². The summed E-state index contributed by atoms with van der Waals surface area (Å²) >= 11 is 1.34. The summed E-state index contributed by atoms with van der Waals surface area (Å²) in [6.45, 7) is 0. The Labute approximate surface area is 122 Å². The molecule has 21 heavy (non-hydrogen) atoms. The zero-order valence-corrected chi connectivity index (χ0v) is 11.5. The topological polar surface area (TPSA) is 35.2 Å². The van der Waals surface area contributed by atoms with Crippen molar-refractivity contribution in [3.8, 4) is 5.75 Å². The minimum Gasteiger partial charge on any atom is -0.406 e. The average Bonchev–Trinajstić information content (AvgIpc) is 2.35. The second-order valence-corrected chi connectivity index (χ2v) is 5.25. The highest BCUT2D eigenvalue weighted by atomic mass is 32.2. The molecule has 0 unspecified atom stereocenters. The number of anilines is 1. The molecule has 2 rings (SSSR count). The van der Waals surface area contributed by atoms with Crippen molar-refractivity contribution in [3.63, 3.8) is 0 Å². The monoisotopic (exact) mass is 317 g/mol. The fraction of sp³-hybridized carbons (Fsp3) is 0.143. The zero-order chi connectivity index (χ0) is 15.5. The van der Waals surface area contributed by atoms with Gasteiger partial charge in [0, 0.05) is 16.3 Å². The molecule has 0 radical (unpaired) electrons. The smallest absolute Gasteiger partial charge is 0.406 e. The van der Waals surface area contributed by atoms with Crippen LogP contribution in [-0.2, 0) is 5.75 Å². The van der Waals surface area contributed by atoms with Gasteiger partial charge in [0.15, 0.2) is 0 Å². The Morgan fingerprint density at radius 3 is 2.29 bits per heavy atom. The van der Waals surface area contributed by atoms with Crippen molar-refractivity contribution in [1.29, 1.82) is 0 Å². The Morgan fingerprint density at radius 1 is 1.05 bits per heavy atom. The summed E-state index contributed by atoms with van der Waals surface area (Å²) in [7, 11) is 0. The predicted octanol–water partition coefficient (Wildman–Crippen LogP) is 4.60. The Hall–Kier alpha value is -1.89. The molecule has 2 nitrogen and oxygen atoms in total. The Balaban J connectivity index is 1.97. The Kier molecular flexibility index (Phi) is 4.62. The summed E-state index contributed by atoms with van der Waals surface area (Å²) in [6.07, 6.45) is -4.70. The standard InChI is InChI=1S/C14H11F4NOS/c15-10-5-11(19)7-13(6-10)21-8-9-1-3-12(4-2-9)20-14(16,17)18/h1-7H,8,19H2. The number of thioether (sulfide) groups is 1. The van der Waals surface area contributed by atoms with Crippen molar-refractivity contribution in [2.24, 2.45) is 0 Å². The molecule has 0 amide bonds. The van der Waals surface area contributed by atoms with E-state index < -0.39 is 12.2 Å². The van der Waals surface area contributed by atoms with Gasteiger partial charge in [-0.05, 0) is 35.9 Å². The molecule has 7 heteroatoms. The number of ether oxygens (including phenoxy) is 1. The number of rotatable bonds is 4. The Bertz CT molecular complexity index is 593. The van der Waals surface area contributed by atoms with Crippen LogP contribution >= 0.6 is 11.8 Å². The summed E-state index contributed by atoms with van der Waals surface area (Å²) in [5.74, 6) is -0.215. The lowest BCUT2D eigenvalue weighted by molar-refractivity contribution is -0.274. The summed E-state index contributed by atoms with van der Waals surface area (Å²) in [4.78, 5) is 0.656. The van der Waals surface area contributed by atoms with Crippen molar-refractivity contribution >= 4 is 17.4 Å². The van der Waals surface area contributed by atoms with Gasteiger partial charge in [0.1, 0.15) is 11.6 Å². The fourth-order valence-corrected chi connectivity index (χ4v) is 2.56. The lowest BCUT2D eigenvalue weighted by atomic mass is 10.2. The van der Waals surface area contributed by atoms with E-state index in [1.165, 1.54) is 48.2 Å². The highest BCUT2D eigenvalue weighted by Crippen LogP contribution is 2.27. The molecule has 0 saturated carbocycles. The van der Waals surface area contributed by atoms with E-state index in [1.54, 1.807) is 6.07 Å². The van der Waals surface area contributed by atoms with Gasteiger partial charge in [-0.1, -0.05) is 12.1 Å². The van der Waals surface area contributed by atoms with E-state index in [2.05, 4.69) is 4.74 Å². The van der Waals surface area contributed by atoms with Crippen molar-refractivity contribution in [2.75, 3.05) is 5.73 Å². The first-order chi connectivity index (χ1) is 9.82. The first-order valence-electron chi connectivity index (χ1n) is 5.85. The van der Waals surface area contributed by atoms with E-state index in [0.29, 0.717) is 16.3 Å². The molecule has 0 fully saturated rings. The molecule has 112 valence electrons. The van der Waals surface area contributed by atoms with Gasteiger partial charge < -0.3 is 10.5 Å². The third kappa shape index (κ3) is 5.18. The quantitative estimate of drug-likeness (QED) is 0.508. The number of hydrogen-bond acceptors (Lipinski definition) is 3. The largest absolute Gasteiger partial charge is 0.573 e. The molecule has 0 bridgehead atoms. The van der Waals surface area contributed by atoms with Gasteiger partial charge >= 0.3 is 6.36 Å². The van der Waals surface area contributed by atoms with Crippen LogP contribution in [0.25, 0.3) is 0 Å². The van der Waals surface area contributed by atoms with E-state index in [0.717, 1.165) is 5.56 Å². The zero-order valence-electron chi connectivity index (χ0n) is 10.7. The van der Waals surface area contributed by atoms with Crippen LogP contribution in [0.4, 0.5) is 23.2 Å². The van der Waals surface area contributed by atoms with Crippen LogP contribution in [0.5, 0.6) is 5.75 Å². The third-order valence-electron chi connectivity index (χ3n) is 2.46. The van der Waals surface area contributed by atoms with Gasteiger partial charge in [-0.25, -0.2) is 4.39 Å². The van der Waals surface area contributed by atoms with Crippen LogP contribution < -0.4 is 10.5 Å². The van der Waals surface area contributed by atoms with Gasteiger partial charge in [0.05, 0.1) is 0 Å². The number of benzene rings is 2. The molecule has 0 heterocycles. The first kappa shape index (κ1) is 15.5. The summed E-state index contributed by atoms with van der Waals surface area (Å²) < 4.78 is 53.0. The van der Waals surface area contributed by atoms with Crippen LogP contribution in [0.2, 0.25) is 0 Å². The van der Waals surface area contributed by atoms with E-state index in [9.17, 15) is 17.6 Å². The van der Waals surface area contributed by atoms with Crippen molar-refractivity contribution in [3.05, 3.63) is 53.8 Å². The Morgan fingerprint density at radius 2 is 1.71 bits per heavy atom. The SMILES string of the molecule is Nc1cc(F)cc(SCc2ccc(OC(F)(F)F)cc2)c1. The molecule has 0 saturated heterocycles. The van der Waals surface area contributed by atoms with Crippen LogP contribution in [0, 0.1) is 5.82 Å². The van der Waals surface area contributed by atoms with E-state index in [1.807, 2.05) is 0 Å². The van der Waals surface area contributed by atoms with Crippen molar-refractivity contribution in [1.82, 2.24) is 0 Å². The van der Waals surface area contributed by atoms with E-state index in [-0.39, 0.29) is 5.75 Å². The summed E-state index contributed by atoms with van der Waals surface area (Å²) in [5.41, 5.74) is 6.65. The van der Waals surface area contributed by atoms with Crippen molar-refractivity contribution in [2.45, 2.75) is 17.0 Å². The summed E-state index contributed by atoms with van der Waals surface area (Å²) in [5, 5.41) is 0. The van der Waals surface area contributed by atoms with Crippen LogP contribution in [0.3, 0.4) is 0 Å². The highest BCUT2D eigenvalue weighted by Gasteiger charge is 2.30. The average molecular weight is 317 g/mol. The number of nitrogen functional groups attached to an aromatic ring is 1. The molecule has 0 aliphatic rings. The molecule has 0 atom stereocenters.